The van der Waals surface area contributed by atoms with Crippen molar-refractivity contribution >= 4 is 5.97 Å². The largest absolute Gasteiger partial charge is 0.494 e. The fourth-order valence-corrected chi connectivity index (χ4v) is 1.62. The number of carboxylic acids is 1. The SMILES string of the molecule is COc1cc(F)ccc1-n1cccc1C(=O)O. The van der Waals surface area contributed by atoms with E-state index in [2.05, 4.69) is 0 Å². The van der Waals surface area contributed by atoms with Gasteiger partial charge in [0.15, 0.2) is 0 Å². The van der Waals surface area contributed by atoms with E-state index in [-0.39, 0.29) is 11.4 Å². The summed E-state index contributed by atoms with van der Waals surface area (Å²) in [5.41, 5.74) is 0.575. The van der Waals surface area contributed by atoms with Crippen LogP contribution in [-0.4, -0.2) is 22.8 Å². The molecule has 2 rings (SSSR count). The number of carboxylic acid groups (broad SMARTS) is 1. The number of hydrogen-bond donors (Lipinski definition) is 1. The van der Waals surface area contributed by atoms with E-state index in [1.807, 2.05) is 0 Å². The first-order valence-electron chi connectivity index (χ1n) is 4.88. The van der Waals surface area contributed by atoms with E-state index >= 15 is 0 Å². The minimum atomic E-state index is -1.05. The third-order valence-electron chi connectivity index (χ3n) is 2.37. The highest BCUT2D eigenvalue weighted by Crippen LogP contribution is 2.25. The predicted octanol–water partition coefficient (Wildman–Crippen LogP) is 2.32. The van der Waals surface area contributed by atoms with Gasteiger partial charge in [-0.25, -0.2) is 9.18 Å². The number of ether oxygens (including phenoxy) is 1. The van der Waals surface area contributed by atoms with Crippen LogP contribution in [0.2, 0.25) is 0 Å². The van der Waals surface area contributed by atoms with Gasteiger partial charge in [-0.2, -0.15) is 0 Å². The van der Waals surface area contributed by atoms with Gasteiger partial charge in [0.2, 0.25) is 0 Å². The van der Waals surface area contributed by atoms with Crippen LogP contribution in [0.3, 0.4) is 0 Å². The molecule has 0 saturated carbocycles. The molecular formula is C12H10FNO3. The molecule has 0 aliphatic carbocycles. The lowest BCUT2D eigenvalue weighted by molar-refractivity contribution is 0.0688. The highest BCUT2D eigenvalue weighted by atomic mass is 19.1. The van der Waals surface area contributed by atoms with Crippen LogP contribution >= 0.6 is 0 Å². The van der Waals surface area contributed by atoms with Crippen LogP contribution in [0.25, 0.3) is 5.69 Å². The topological polar surface area (TPSA) is 51.5 Å². The zero-order valence-electron chi connectivity index (χ0n) is 9.05. The number of benzene rings is 1. The van der Waals surface area contributed by atoms with Crippen LogP contribution in [0.1, 0.15) is 10.5 Å². The van der Waals surface area contributed by atoms with Gasteiger partial charge in [-0.3, -0.25) is 0 Å². The number of halogens is 1. The van der Waals surface area contributed by atoms with E-state index in [1.165, 1.54) is 35.9 Å². The molecule has 0 spiro atoms. The van der Waals surface area contributed by atoms with E-state index in [0.717, 1.165) is 0 Å². The molecule has 1 N–H and O–H groups in total. The van der Waals surface area contributed by atoms with Gasteiger partial charge in [0.25, 0.3) is 0 Å². The highest BCUT2D eigenvalue weighted by molar-refractivity contribution is 5.86. The number of nitrogens with zero attached hydrogens (tertiary/aromatic N) is 1. The number of hydrogen-bond acceptors (Lipinski definition) is 2. The number of methoxy groups -OCH3 is 1. The Morgan fingerprint density at radius 2 is 2.18 bits per heavy atom. The minimum Gasteiger partial charge on any atom is -0.494 e. The van der Waals surface area contributed by atoms with Crippen molar-refractivity contribution in [2.45, 2.75) is 0 Å². The zero-order valence-corrected chi connectivity index (χ0v) is 9.05. The Bertz CT molecular complexity index is 563. The van der Waals surface area contributed by atoms with Gasteiger partial charge in [0.05, 0.1) is 12.8 Å². The molecule has 17 heavy (non-hydrogen) atoms. The molecule has 0 aliphatic rings. The molecule has 0 radical (unpaired) electrons. The number of aromatic nitrogens is 1. The van der Waals surface area contributed by atoms with Crippen LogP contribution in [0, 0.1) is 5.82 Å². The molecule has 1 aromatic carbocycles. The van der Waals surface area contributed by atoms with Crippen molar-refractivity contribution in [3.63, 3.8) is 0 Å². The minimum absolute atomic E-state index is 0.0925. The van der Waals surface area contributed by atoms with Crippen LogP contribution in [0.4, 0.5) is 4.39 Å². The summed E-state index contributed by atoms with van der Waals surface area (Å²) in [5, 5.41) is 9.00. The number of carbonyl (C=O) groups is 1. The summed E-state index contributed by atoms with van der Waals surface area (Å²) in [6.07, 6.45) is 1.58. The molecule has 2 aromatic rings. The summed E-state index contributed by atoms with van der Waals surface area (Å²) in [4.78, 5) is 11.0. The molecule has 0 atom stereocenters. The van der Waals surface area contributed by atoms with Crippen LogP contribution in [0.5, 0.6) is 5.75 Å². The number of rotatable bonds is 3. The fraction of sp³-hybridized carbons (Fsp3) is 0.0833. The summed E-state index contributed by atoms with van der Waals surface area (Å²) in [5.74, 6) is -1.21. The second-order valence-corrected chi connectivity index (χ2v) is 3.38. The Kier molecular flexibility index (Phi) is 2.82. The van der Waals surface area contributed by atoms with E-state index in [0.29, 0.717) is 5.69 Å². The predicted molar refractivity (Wildman–Crippen MR) is 59.2 cm³/mol. The average Bonchev–Trinajstić information content (AvgIpc) is 2.77. The highest BCUT2D eigenvalue weighted by Gasteiger charge is 2.13. The first-order valence-corrected chi connectivity index (χ1v) is 4.88. The van der Waals surface area contributed by atoms with Crippen LogP contribution in [-0.2, 0) is 0 Å². The second kappa shape index (κ2) is 4.29. The van der Waals surface area contributed by atoms with E-state index in [4.69, 9.17) is 9.84 Å². The normalized spacial score (nSPS) is 10.2. The standard InChI is InChI=1S/C12H10FNO3/c1-17-11-7-8(13)4-5-9(11)14-6-2-3-10(14)12(15)16/h2-7H,1H3,(H,15,16). The molecule has 0 saturated heterocycles. The maximum Gasteiger partial charge on any atom is 0.352 e. The average molecular weight is 235 g/mol. The van der Waals surface area contributed by atoms with Gasteiger partial charge in [0, 0.05) is 12.3 Å². The first kappa shape index (κ1) is 11.2. The molecular weight excluding hydrogens is 225 g/mol. The van der Waals surface area contributed by atoms with Crippen molar-refractivity contribution in [2.24, 2.45) is 0 Å². The molecule has 1 aromatic heterocycles. The van der Waals surface area contributed by atoms with E-state index in [9.17, 15) is 9.18 Å². The lowest BCUT2D eigenvalue weighted by Gasteiger charge is -2.11. The van der Waals surface area contributed by atoms with Crippen molar-refractivity contribution in [1.29, 1.82) is 0 Å². The maximum absolute atomic E-state index is 13.0. The summed E-state index contributed by atoms with van der Waals surface area (Å²) >= 11 is 0. The maximum atomic E-state index is 13.0. The quantitative estimate of drug-likeness (QED) is 0.888. The monoisotopic (exact) mass is 235 g/mol. The third-order valence-corrected chi connectivity index (χ3v) is 2.37. The molecule has 0 unspecified atom stereocenters. The van der Waals surface area contributed by atoms with Crippen molar-refractivity contribution in [3.8, 4) is 11.4 Å². The van der Waals surface area contributed by atoms with Gasteiger partial charge in [-0.05, 0) is 24.3 Å². The van der Waals surface area contributed by atoms with E-state index in [1.54, 1.807) is 12.3 Å². The Morgan fingerprint density at radius 3 is 2.82 bits per heavy atom. The van der Waals surface area contributed by atoms with E-state index < -0.39 is 11.8 Å². The Balaban J connectivity index is 2.60. The van der Waals surface area contributed by atoms with Crippen molar-refractivity contribution in [3.05, 3.63) is 48.0 Å². The Morgan fingerprint density at radius 1 is 1.41 bits per heavy atom. The molecule has 0 aliphatic heterocycles. The lowest BCUT2D eigenvalue weighted by Crippen LogP contribution is -2.07. The van der Waals surface area contributed by atoms with Crippen molar-refractivity contribution < 1.29 is 19.0 Å². The fourth-order valence-electron chi connectivity index (χ4n) is 1.62. The van der Waals surface area contributed by atoms with Gasteiger partial charge in [0.1, 0.15) is 17.3 Å². The Hall–Kier alpha value is -2.30. The second-order valence-electron chi connectivity index (χ2n) is 3.38. The summed E-state index contributed by atoms with van der Waals surface area (Å²) < 4.78 is 19.5. The van der Waals surface area contributed by atoms with Gasteiger partial charge in [-0.1, -0.05) is 0 Å². The van der Waals surface area contributed by atoms with Crippen molar-refractivity contribution in [1.82, 2.24) is 4.57 Å². The first-order chi connectivity index (χ1) is 8.13. The molecule has 0 amide bonds. The van der Waals surface area contributed by atoms with Gasteiger partial charge >= 0.3 is 5.97 Å². The zero-order chi connectivity index (χ0) is 12.4. The molecule has 4 nitrogen and oxygen atoms in total. The summed E-state index contributed by atoms with van der Waals surface area (Å²) in [6, 6.07) is 7.00. The smallest absolute Gasteiger partial charge is 0.352 e. The molecule has 88 valence electrons. The molecule has 5 heteroatoms. The van der Waals surface area contributed by atoms with Gasteiger partial charge in [-0.15, -0.1) is 0 Å². The number of aromatic carboxylic acids is 1. The lowest BCUT2D eigenvalue weighted by atomic mass is 10.2. The van der Waals surface area contributed by atoms with Crippen LogP contribution in [0.15, 0.2) is 36.5 Å². The summed E-state index contributed by atoms with van der Waals surface area (Å²) in [7, 11) is 1.40. The van der Waals surface area contributed by atoms with Gasteiger partial charge < -0.3 is 14.4 Å². The summed E-state index contributed by atoms with van der Waals surface area (Å²) in [6.45, 7) is 0. The van der Waals surface area contributed by atoms with Crippen LogP contribution < -0.4 is 4.74 Å². The Labute approximate surface area is 96.9 Å². The van der Waals surface area contributed by atoms with Crippen molar-refractivity contribution in [2.75, 3.05) is 7.11 Å². The molecule has 0 fully saturated rings. The molecule has 0 bridgehead atoms. The molecule has 1 heterocycles. The third kappa shape index (κ3) is 1.99.